The lowest BCUT2D eigenvalue weighted by molar-refractivity contribution is -0.134. The van der Waals surface area contributed by atoms with E-state index in [2.05, 4.69) is 5.32 Å². The minimum Gasteiger partial charge on any atom is -0.340 e. The molecule has 0 aromatic heterocycles. The van der Waals surface area contributed by atoms with Crippen LogP contribution in [0, 0.1) is 0 Å². The molecule has 1 aliphatic rings. The zero-order chi connectivity index (χ0) is 19.1. The predicted molar refractivity (Wildman–Crippen MR) is 101 cm³/mol. The summed E-state index contributed by atoms with van der Waals surface area (Å²) in [6.45, 7) is 1.79. The number of carbonyl (C=O) groups is 3. The quantitative estimate of drug-likeness (QED) is 0.511. The summed E-state index contributed by atoms with van der Waals surface area (Å²) in [6, 6.07) is 3.62. The Bertz CT molecular complexity index is 696. The summed E-state index contributed by atoms with van der Waals surface area (Å²) in [7, 11) is 0. The first-order chi connectivity index (χ1) is 12.5. The number of piperazine rings is 1. The van der Waals surface area contributed by atoms with Gasteiger partial charge >= 0.3 is 0 Å². The van der Waals surface area contributed by atoms with Gasteiger partial charge in [0.1, 0.15) is 12.3 Å². The molecular weight excluding hydrogens is 401 g/mol. The van der Waals surface area contributed by atoms with Gasteiger partial charge < -0.3 is 15.0 Å². The molecule has 2 amide bonds. The molecule has 1 saturated heterocycles. The molecule has 7 nitrogen and oxygen atoms in total. The van der Waals surface area contributed by atoms with Crippen molar-refractivity contribution in [3.63, 3.8) is 0 Å². The molecule has 1 aromatic rings. The number of halogens is 2. The van der Waals surface area contributed by atoms with E-state index in [0.29, 0.717) is 37.5 Å². The molecule has 1 N–H and O–H groups in total. The van der Waals surface area contributed by atoms with Crippen LogP contribution in [-0.2, 0) is 21.4 Å². The Morgan fingerprint density at radius 2 is 1.88 bits per heavy atom. The second kappa shape index (κ2) is 10.0. The van der Waals surface area contributed by atoms with Crippen LogP contribution in [0.15, 0.2) is 18.2 Å². The summed E-state index contributed by atoms with van der Waals surface area (Å²) in [5.74, 6) is -0.730. The van der Waals surface area contributed by atoms with Crippen LogP contribution in [-0.4, -0.2) is 63.7 Å². The first-order valence-electron chi connectivity index (χ1n) is 8.02. The fourth-order valence-corrected chi connectivity index (χ4v) is 3.23. The van der Waals surface area contributed by atoms with Crippen LogP contribution in [0.2, 0.25) is 10.0 Å². The molecule has 0 aliphatic carbocycles. The lowest BCUT2D eigenvalue weighted by Gasteiger charge is -2.34. The van der Waals surface area contributed by atoms with Crippen molar-refractivity contribution in [3.05, 3.63) is 33.8 Å². The summed E-state index contributed by atoms with van der Waals surface area (Å²) in [5.41, 5.74) is 0.276. The molecule has 1 aromatic carbocycles. The second-order valence-electron chi connectivity index (χ2n) is 5.76. The van der Waals surface area contributed by atoms with E-state index in [-0.39, 0.29) is 41.2 Å². The van der Waals surface area contributed by atoms with Crippen LogP contribution < -0.4 is 5.32 Å². The molecule has 10 heteroatoms. The molecule has 26 heavy (non-hydrogen) atoms. The van der Waals surface area contributed by atoms with E-state index in [0.717, 1.165) is 0 Å². The smallest absolute Gasteiger partial charge is 0.251 e. The molecule has 0 unspecified atom stereocenters. The molecule has 2 rings (SSSR count). The van der Waals surface area contributed by atoms with Gasteiger partial charge in [-0.25, -0.2) is 8.51 Å². The van der Waals surface area contributed by atoms with Gasteiger partial charge in [-0.15, -0.1) is 0 Å². The highest BCUT2D eigenvalue weighted by Crippen LogP contribution is 2.22. The number of benzene rings is 1. The molecular formula is C16H19Cl2N3O4S. The van der Waals surface area contributed by atoms with Gasteiger partial charge in [-0.05, 0) is 24.6 Å². The van der Waals surface area contributed by atoms with Gasteiger partial charge in [-0.1, -0.05) is 23.2 Å². The van der Waals surface area contributed by atoms with Crippen molar-refractivity contribution in [2.75, 3.05) is 26.2 Å². The highest BCUT2D eigenvalue weighted by molar-refractivity contribution is 7.63. The van der Waals surface area contributed by atoms with Gasteiger partial charge in [-0.3, -0.25) is 9.59 Å². The van der Waals surface area contributed by atoms with Crippen LogP contribution in [0.3, 0.4) is 0 Å². The SMILES string of the molecule is O=CCC[C@H](NC(=O)c1ccc(Cl)c(Cl)c1)C(=O)N1CCN([SH]=O)CC1. The number of carbonyl (C=O) groups excluding carboxylic acids is 3. The van der Waals surface area contributed by atoms with Crippen molar-refractivity contribution in [2.24, 2.45) is 0 Å². The Labute approximate surface area is 165 Å². The van der Waals surface area contributed by atoms with Crippen molar-refractivity contribution >= 4 is 53.2 Å². The van der Waals surface area contributed by atoms with Gasteiger partial charge in [0, 0.05) is 38.2 Å². The third-order valence-corrected chi connectivity index (χ3v) is 5.41. The first-order valence-corrected chi connectivity index (χ1v) is 9.55. The fraction of sp³-hybridized carbons (Fsp3) is 0.438. The largest absolute Gasteiger partial charge is 0.340 e. The zero-order valence-corrected chi connectivity index (χ0v) is 16.3. The Morgan fingerprint density at radius 1 is 1.19 bits per heavy atom. The average molecular weight is 420 g/mol. The minimum atomic E-state index is -0.821. The molecule has 142 valence electrons. The topological polar surface area (TPSA) is 86.8 Å². The maximum Gasteiger partial charge on any atom is 0.251 e. The average Bonchev–Trinajstić information content (AvgIpc) is 2.66. The number of hydrogen-bond acceptors (Lipinski definition) is 4. The normalized spacial score (nSPS) is 16.2. The zero-order valence-electron chi connectivity index (χ0n) is 13.9. The number of nitrogens with zero attached hydrogens (tertiary/aromatic N) is 2. The van der Waals surface area contributed by atoms with Gasteiger partial charge in [0.25, 0.3) is 5.91 Å². The number of hydrogen-bond donors (Lipinski definition) is 2. The van der Waals surface area contributed by atoms with Crippen LogP contribution in [0.1, 0.15) is 23.2 Å². The number of thiol groups is 1. The van der Waals surface area contributed by atoms with Crippen molar-refractivity contribution in [2.45, 2.75) is 18.9 Å². The predicted octanol–water partition coefficient (Wildman–Crippen LogP) is 1.08. The highest BCUT2D eigenvalue weighted by atomic mass is 35.5. The summed E-state index contributed by atoms with van der Waals surface area (Å²) in [4.78, 5) is 37.5. The molecule has 1 atom stereocenters. The molecule has 0 saturated carbocycles. The van der Waals surface area contributed by atoms with Crippen molar-refractivity contribution < 1.29 is 18.6 Å². The molecule has 1 aliphatic heterocycles. The van der Waals surface area contributed by atoms with Gasteiger partial charge in [0.15, 0.2) is 0 Å². The second-order valence-corrected chi connectivity index (χ2v) is 7.30. The van der Waals surface area contributed by atoms with E-state index in [1.165, 1.54) is 18.2 Å². The van der Waals surface area contributed by atoms with Crippen LogP contribution in [0.25, 0.3) is 0 Å². The molecule has 1 fully saturated rings. The number of nitrogens with one attached hydrogen (secondary N) is 1. The summed E-state index contributed by atoms with van der Waals surface area (Å²) < 4.78 is 12.5. The lowest BCUT2D eigenvalue weighted by Crippen LogP contribution is -2.54. The molecule has 0 spiro atoms. The lowest BCUT2D eigenvalue weighted by atomic mass is 10.1. The van der Waals surface area contributed by atoms with E-state index in [1.807, 2.05) is 0 Å². The van der Waals surface area contributed by atoms with E-state index >= 15 is 0 Å². The third kappa shape index (κ3) is 5.51. The minimum absolute atomic E-state index is 0.0679. The summed E-state index contributed by atoms with van der Waals surface area (Å²) in [6.07, 6.45) is 1.06. The van der Waals surface area contributed by atoms with Gasteiger partial charge in [0.2, 0.25) is 5.91 Å². The van der Waals surface area contributed by atoms with Gasteiger partial charge in [0.05, 0.1) is 21.9 Å². The Balaban J connectivity index is 2.07. The molecule has 0 bridgehead atoms. The van der Waals surface area contributed by atoms with Crippen LogP contribution >= 0.6 is 23.2 Å². The van der Waals surface area contributed by atoms with E-state index in [1.54, 1.807) is 9.21 Å². The van der Waals surface area contributed by atoms with Crippen molar-refractivity contribution in [1.29, 1.82) is 0 Å². The maximum absolute atomic E-state index is 12.7. The fourth-order valence-electron chi connectivity index (χ4n) is 2.59. The highest BCUT2D eigenvalue weighted by Gasteiger charge is 2.28. The van der Waals surface area contributed by atoms with E-state index < -0.39 is 11.9 Å². The summed E-state index contributed by atoms with van der Waals surface area (Å²) >= 11 is 11.7. The standard InChI is InChI=1S/C16H19Cl2N3O4S/c17-12-4-3-11(10-13(12)18)15(23)19-14(2-1-9-22)16(24)20-5-7-21(26-25)8-6-20/h3-4,9-10,14,26H,1-2,5-8H2,(H,19,23)/t14-/m0/s1. The van der Waals surface area contributed by atoms with E-state index in [9.17, 15) is 18.6 Å². The number of aldehydes is 1. The molecule has 0 radical (unpaired) electrons. The summed E-state index contributed by atoms with van der Waals surface area (Å²) in [5, 5.41) is 3.23. The van der Waals surface area contributed by atoms with E-state index in [4.69, 9.17) is 23.2 Å². The Kier molecular flexibility index (Phi) is 8.02. The number of rotatable bonds is 7. The molecule has 1 heterocycles. The first kappa shape index (κ1) is 20.8. The van der Waals surface area contributed by atoms with Crippen LogP contribution in [0.4, 0.5) is 0 Å². The Morgan fingerprint density at radius 3 is 2.46 bits per heavy atom. The van der Waals surface area contributed by atoms with Crippen molar-refractivity contribution in [1.82, 2.24) is 14.5 Å². The van der Waals surface area contributed by atoms with Gasteiger partial charge in [-0.2, -0.15) is 0 Å². The van der Waals surface area contributed by atoms with Crippen molar-refractivity contribution in [3.8, 4) is 0 Å². The third-order valence-electron chi connectivity index (χ3n) is 4.04. The Hall–Kier alpha value is -1.48. The maximum atomic E-state index is 12.7. The monoisotopic (exact) mass is 419 g/mol. The number of amides is 2. The van der Waals surface area contributed by atoms with Crippen LogP contribution in [0.5, 0.6) is 0 Å².